The molecule has 0 aliphatic carbocycles. The van der Waals surface area contributed by atoms with Gasteiger partial charge in [0.15, 0.2) is 23.0 Å². The number of aromatic hydroxyl groups is 12. The highest BCUT2D eigenvalue weighted by Crippen LogP contribution is 2.49. The monoisotopic (exact) mass is 1950 g/mol. The first-order chi connectivity index (χ1) is 63.0. The van der Waals surface area contributed by atoms with Gasteiger partial charge in [0.25, 0.3) is 0 Å². The number of rotatable bonds is 24. The van der Waals surface area contributed by atoms with E-state index in [-0.39, 0.29) is 109 Å². The Morgan fingerprint density at radius 1 is 0.293 bits per heavy atom. The number of aliphatic hydroxyl groups is 7. The van der Waals surface area contributed by atoms with Crippen molar-refractivity contribution in [1.29, 1.82) is 0 Å². The molecule has 0 radical (unpaired) electrons. The first-order valence-corrected chi connectivity index (χ1v) is 47.9. The van der Waals surface area contributed by atoms with Crippen LogP contribution in [0.4, 0.5) is 0 Å². The summed E-state index contributed by atoms with van der Waals surface area (Å²) in [5.41, 5.74) is -1.59. The number of phenolic OH excluding ortho intramolecular Hbond substituents is 11. The van der Waals surface area contributed by atoms with Gasteiger partial charge in [-0.05, 0) is 313 Å². The number of phenols is 12. The third kappa shape index (κ3) is 31.4. The van der Waals surface area contributed by atoms with Crippen LogP contribution >= 0.6 is 0 Å². The maximum atomic E-state index is 11.4. The molecule has 1 heterocycles. The van der Waals surface area contributed by atoms with Crippen LogP contribution < -0.4 is 5.32 Å². The number of nitrogens with one attached hydrogen (secondary N) is 1. The van der Waals surface area contributed by atoms with Gasteiger partial charge in [-0.1, -0.05) is 67.6 Å². The lowest BCUT2D eigenvalue weighted by Gasteiger charge is -2.59. The second kappa shape index (κ2) is 44.8. The molecule has 20 N–H and O–H groups in total. The van der Waals surface area contributed by atoms with Crippen molar-refractivity contribution in [3.05, 3.63) is 226 Å². The van der Waals surface area contributed by atoms with Gasteiger partial charge in [0.1, 0.15) is 129 Å². The van der Waals surface area contributed by atoms with E-state index >= 15 is 0 Å². The second-order valence-corrected chi connectivity index (χ2v) is 48.4. The van der Waals surface area contributed by atoms with Gasteiger partial charge in [-0.15, -0.1) is 0 Å². The Kier molecular flexibility index (Phi) is 39.0. The molecular formula is C113H180N8O19+6. The quantitative estimate of drug-likeness (QED) is 0.0197. The number of likely N-dealkylation sites (N-methyl/N-ethyl adjacent to an activating group) is 6. The molecular weight excluding hydrogens is 1770 g/mol. The number of fused-ring (bicyclic) bond motifs is 1. The van der Waals surface area contributed by atoms with Crippen molar-refractivity contribution in [2.24, 2.45) is 4.99 Å². The van der Waals surface area contributed by atoms with Crippen molar-refractivity contribution in [3.63, 3.8) is 0 Å². The van der Waals surface area contributed by atoms with E-state index in [2.05, 4.69) is 255 Å². The van der Waals surface area contributed by atoms with Crippen molar-refractivity contribution in [3.8, 4) is 69.0 Å². The van der Waals surface area contributed by atoms with Crippen LogP contribution in [0.25, 0.3) is 10.8 Å². The maximum Gasteiger partial charge on any atom is 0.157 e. The average Bonchev–Trinajstić information content (AvgIpc) is 0.729. The van der Waals surface area contributed by atoms with E-state index in [1.165, 1.54) is 101 Å². The Balaban J connectivity index is 0.000000342. The standard InChI is InChI=1S/C20H27NO4.C18H31NO3.C16H27NO3.3C15H25NO3.C14H14N2/c1-19(2,14-6-8-16(22)9-7-14)21(4,5)13-20(3,25)15-10-17(23)12-18(24)11-15;1-9-17(5,19(7,8)16(2,3)4)18(6,22)13-10-11-14(20)15(21)12-13;1-15(2,3)17(5,6)11-16(4,20)13-7-8-14(19)12(9-13)10-18;2*1-14(2,3)16(5,6)10-15(4,19)11-7-12(17)9-13(18)8-11;1-14(2,3)16(5,6)10-15(4,19)11-7-8-12(17)13(18)9-11;1-2-7-13-11(4-1)5-3-6-12(13)10-14-15-8-9-16-14/h6-12,25H,13H2,1-5H3,(H2-,22,23,24);10-12,22H,9H2,1-8H3,(H-,20,21);7-9,18,20H,10-11H2,1-6H3;3*7-9,19H,10H2,1-6H3,(H-,17,18);1-7H,8-10H2,(H,15,16)/p+6. The lowest BCUT2D eigenvalue weighted by molar-refractivity contribution is -0.989. The Hall–Kier alpha value is -10.2. The van der Waals surface area contributed by atoms with Crippen molar-refractivity contribution >= 4 is 16.6 Å². The minimum atomic E-state index is -1.26. The lowest BCUT2D eigenvalue weighted by Crippen LogP contribution is -2.73. The van der Waals surface area contributed by atoms with Gasteiger partial charge in [0.05, 0.1) is 125 Å². The fourth-order valence-electron chi connectivity index (χ4n) is 16.6. The van der Waals surface area contributed by atoms with Gasteiger partial charge in [-0.25, -0.2) is 0 Å². The highest BCUT2D eigenvalue weighted by Gasteiger charge is 2.59. The molecule has 1 aliphatic heterocycles. The van der Waals surface area contributed by atoms with E-state index in [1.54, 1.807) is 77.9 Å². The normalized spacial score (nSPS) is 16.2. The van der Waals surface area contributed by atoms with Crippen LogP contribution in [0.5, 0.6) is 69.0 Å². The summed E-state index contributed by atoms with van der Waals surface area (Å²) in [6.07, 6.45) is 1.67. The van der Waals surface area contributed by atoms with Crippen molar-refractivity contribution in [2.45, 2.75) is 265 Å². The molecule has 7 atom stereocenters. The molecule has 0 fully saturated rings. The molecule has 780 valence electrons. The van der Waals surface area contributed by atoms with E-state index < -0.39 is 39.1 Å². The summed E-state index contributed by atoms with van der Waals surface area (Å²) in [6.45, 7) is 54.6. The van der Waals surface area contributed by atoms with Gasteiger partial charge in [-0.3, -0.25) is 4.99 Å². The minimum absolute atomic E-state index is 0.000712. The molecule has 0 saturated carbocycles. The van der Waals surface area contributed by atoms with Crippen LogP contribution in [0.3, 0.4) is 0 Å². The summed E-state index contributed by atoms with van der Waals surface area (Å²) in [5.74, 6) is 0.264. The molecule has 7 unspecified atom stereocenters. The van der Waals surface area contributed by atoms with Crippen LogP contribution in [-0.2, 0) is 52.2 Å². The molecule has 0 spiro atoms. The topological polar surface area (TPSA) is 409 Å². The molecule has 9 aromatic rings. The summed E-state index contributed by atoms with van der Waals surface area (Å²) in [4.78, 5) is 4.44. The minimum Gasteiger partial charge on any atom is -0.508 e. The number of quaternary nitrogens is 6. The third-order valence-electron chi connectivity index (χ3n) is 31.1. The first-order valence-electron chi connectivity index (χ1n) is 47.9. The van der Waals surface area contributed by atoms with Crippen LogP contribution in [0.1, 0.15) is 230 Å². The predicted octanol–water partition coefficient (Wildman–Crippen LogP) is 17.3. The number of hydrogen-bond donors (Lipinski definition) is 20. The maximum absolute atomic E-state index is 11.4. The third-order valence-corrected chi connectivity index (χ3v) is 31.1. The number of benzene rings is 9. The van der Waals surface area contributed by atoms with Crippen LogP contribution in [-0.4, -0.2) is 293 Å². The van der Waals surface area contributed by atoms with E-state index in [0.29, 0.717) is 98.6 Å². The smallest absolute Gasteiger partial charge is 0.157 e. The van der Waals surface area contributed by atoms with Crippen LogP contribution in [0, 0.1) is 0 Å². The first kappa shape index (κ1) is 122. The van der Waals surface area contributed by atoms with Gasteiger partial charge in [0, 0.05) is 48.7 Å². The molecule has 0 bridgehead atoms. The van der Waals surface area contributed by atoms with Crippen LogP contribution in [0.15, 0.2) is 181 Å². The Morgan fingerprint density at radius 3 is 0.921 bits per heavy atom. The Morgan fingerprint density at radius 2 is 0.600 bits per heavy atom. The van der Waals surface area contributed by atoms with E-state index in [4.69, 9.17) is 0 Å². The summed E-state index contributed by atoms with van der Waals surface area (Å²) < 4.78 is 3.54. The zero-order valence-corrected chi connectivity index (χ0v) is 91.4. The van der Waals surface area contributed by atoms with E-state index in [0.717, 1.165) is 37.3 Å². The van der Waals surface area contributed by atoms with Crippen molar-refractivity contribution < 1.29 is 124 Å². The number of aliphatic imine (C=N–C) groups is 1. The largest absolute Gasteiger partial charge is 0.508 e. The number of amidine groups is 1. The Bertz CT molecular complexity index is 5450. The molecule has 27 nitrogen and oxygen atoms in total. The van der Waals surface area contributed by atoms with Gasteiger partial charge in [0.2, 0.25) is 0 Å². The zero-order chi connectivity index (χ0) is 108. The van der Waals surface area contributed by atoms with E-state index in [1.807, 2.05) is 26.2 Å². The van der Waals surface area contributed by atoms with Crippen LogP contribution in [0.2, 0.25) is 0 Å². The summed E-state index contributed by atoms with van der Waals surface area (Å²) in [5, 5.41) is 195. The van der Waals surface area contributed by atoms with Crippen molar-refractivity contribution in [1.82, 2.24) is 5.32 Å². The molecule has 140 heavy (non-hydrogen) atoms. The fraction of sp³-hybridized carbons (Fsp3) is 0.531. The van der Waals surface area contributed by atoms with Gasteiger partial charge < -0.3 is 129 Å². The van der Waals surface area contributed by atoms with Gasteiger partial charge >= 0.3 is 0 Å². The molecule has 0 amide bonds. The average molecular weight is 1950 g/mol. The molecule has 0 saturated heterocycles. The summed E-state index contributed by atoms with van der Waals surface area (Å²) >= 11 is 0. The Labute approximate surface area is 836 Å². The number of aliphatic hydroxyl groups excluding tert-OH is 1. The number of hydrogen-bond acceptors (Lipinski definition) is 21. The van der Waals surface area contributed by atoms with E-state index in [9.17, 15) is 97.0 Å². The number of nitrogens with zero attached hydrogens (tertiary/aromatic N) is 7. The molecule has 1 aliphatic rings. The second-order valence-electron chi connectivity index (χ2n) is 48.4. The molecule has 10 rings (SSSR count). The van der Waals surface area contributed by atoms with Crippen molar-refractivity contribution in [2.75, 3.05) is 130 Å². The fourth-order valence-corrected chi connectivity index (χ4v) is 16.6. The highest BCUT2D eigenvalue weighted by atomic mass is 16.3. The lowest BCUT2D eigenvalue weighted by atomic mass is 9.71. The predicted molar refractivity (Wildman–Crippen MR) is 564 cm³/mol. The van der Waals surface area contributed by atoms with Gasteiger partial charge in [-0.2, -0.15) is 0 Å². The zero-order valence-electron chi connectivity index (χ0n) is 91.4. The highest BCUT2D eigenvalue weighted by molar-refractivity contribution is 5.92. The molecule has 27 heteroatoms. The summed E-state index contributed by atoms with van der Waals surface area (Å²) in [7, 11) is 24.8. The molecule has 9 aromatic carbocycles. The summed E-state index contributed by atoms with van der Waals surface area (Å²) in [6, 6.07) is 48.6. The molecule has 0 aromatic heterocycles. The SMILES string of the molecule is CC(O)(C[N+](C)(C)C(C)(C)C)c1cc(O)cc(O)c1.CC(O)(C[N+](C)(C)C(C)(C)C)c1cc(O)cc(O)c1.CC(O)(C[N+](C)(C)C(C)(C)C)c1ccc(O)c(CO)c1.CC(O)(C[N+](C)(C)C(C)(C)C)c1ccc(O)c(O)c1.CC(O)(C[N+](C)(C)C(C)(C)c1ccc(O)cc1)c1cc(O)cc(O)c1.CCC(C)(C(C)(O)c1ccc(O)c(O)c1)[N+](C)(C)C(C)(C)C.c1ccc2c(CC3=NCCN3)cccc2c1.